The van der Waals surface area contributed by atoms with Gasteiger partial charge in [-0.25, -0.2) is 8.42 Å². The average Bonchev–Trinajstić information content (AvgIpc) is 3.40. The third kappa shape index (κ3) is 5.08. The zero-order chi connectivity index (χ0) is 23.3. The zero-order valence-electron chi connectivity index (χ0n) is 17.8. The van der Waals surface area contributed by atoms with E-state index in [9.17, 15) is 13.2 Å². The monoisotopic (exact) mass is 478 g/mol. The number of para-hydroxylation sites is 1. The van der Waals surface area contributed by atoms with Crippen LogP contribution in [0.1, 0.15) is 0 Å². The lowest BCUT2D eigenvalue weighted by Crippen LogP contribution is -2.37. The van der Waals surface area contributed by atoms with Gasteiger partial charge < -0.3 is 10.1 Å². The minimum absolute atomic E-state index is 0.163. The number of thiophene rings is 1. The molecule has 0 saturated heterocycles. The summed E-state index contributed by atoms with van der Waals surface area (Å²) in [5.74, 6) is 0.141. The number of benzene rings is 3. The van der Waals surface area contributed by atoms with Crippen LogP contribution in [0.5, 0.6) is 5.75 Å². The molecular formula is C25H22N2O4S2. The third-order valence-electron chi connectivity index (χ3n) is 4.97. The highest BCUT2D eigenvalue weighted by Gasteiger charge is 2.28. The molecule has 0 aliphatic heterocycles. The SMILES string of the molecule is COc1ccc(N(CC(=O)Nc2ccccc2-c2ccccc2)S(=O)(=O)c2cccs2)cc1. The van der Waals surface area contributed by atoms with Crippen molar-refractivity contribution in [1.29, 1.82) is 0 Å². The number of nitrogens with zero attached hydrogens (tertiary/aromatic N) is 1. The first kappa shape index (κ1) is 22.6. The summed E-state index contributed by atoms with van der Waals surface area (Å²) in [6.07, 6.45) is 0. The second-order valence-corrected chi connectivity index (χ2v) is 10.1. The van der Waals surface area contributed by atoms with Gasteiger partial charge in [0, 0.05) is 11.3 Å². The van der Waals surface area contributed by atoms with E-state index in [4.69, 9.17) is 4.74 Å². The van der Waals surface area contributed by atoms with Crippen LogP contribution in [0.2, 0.25) is 0 Å². The van der Waals surface area contributed by atoms with Gasteiger partial charge in [0.05, 0.1) is 12.8 Å². The molecule has 0 aliphatic carbocycles. The van der Waals surface area contributed by atoms with Crippen molar-refractivity contribution in [2.75, 3.05) is 23.3 Å². The van der Waals surface area contributed by atoms with Crippen LogP contribution in [0.4, 0.5) is 11.4 Å². The molecule has 0 spiro atoms. The van der Waals surface area contributed by atoms with Crippen molar-refractivity contribution in [3.8, 4) is 16.9 Å². The van der Waals surface area contributed by atoms with E-state index in [0.717, 1.165) is 26.8 Å². The Hall–Kier alpha value is -3.62. The number of methoxy groups -OCH3 is 1. The average molecular weight is 479 g/mol. The number of sulfonamides is 1. The number of anilines is 2. The normalized spacial score (nSPS) is 11.1. The summed E-state index contributed by atoms with van der Waals surface area (Å²) in [6, 6.07) is 26.9. The zero-order valence-corrected chi connectivity index (χ0v) is 19.5. The Morgan fingerprint density at radius 2 is 1.61 bits per heavy atom. The summed E-state index contributed by atoms with van der Waals surface area (Å²) in [6.45, 7) is -0.379. The third-order valence-corrected chi connectivity index (χ3v) is 8.12. The minimum atomic E-state index is -3.93. The van der Waals surface area contributed by atoms with Crippen LogP contribution in [0.25, 0.3) is 11.1 Å². The van der Waals surface area contributed by atoms with Gasteiger partial charge in [-0.2, -0.15) is 0 Å². The lowest BCUT2D eigenvalue weighted by Gasteiger charge is -2.24. The highest BCUT2D eigenvalue weighted by atomic mass is 32.2. The predicted molar refractivity (Wildman–Crippen MR) is 132 cm³/mol. The number of hydrogen-bond donors (Lipinski definition) is 1. The topological polar surface area (TPSA) is 75.7 Å². The van der Waals surface area contributed by atoms with Gasteiger partial charge in [0.2, 0.25) is 5.91 Å². The summed E-state index contributed by atoms with van der Waals surface area (Å²) >= 11 is 1.11. The maximum absolute atomic E-state index is 13.3. The van der Waals surface area contributed by atoms with Crippen molar-refractivity contribution in [2.45, 2.75) is 4.21 Å². The number of carbonyl (C=O) groups excluding carboxylic acids is 1. The van der Waals surface area contributed by atoms with Crippen molar-refractivity contribution in [3.63, 3.8) is 0 Å². The highest BCUT2D eigenvalue weighted by molar-refractivity contribution is 7.94. The Morgan fingerprint density at radius 1 is 0.909 bits per heavy atom. The van der Waals surface area contributed by atoms with Gasteiger partial charge in [-0.05, 0) is 47.3 Å². The summed E-state index contributed by atoms with van der Waals surface area (Å²) in [5, 5.41) is 4.57. The predicted octanol–water partition coefficient (Wildman–Crippen LogP) is 5.26. The van der Waals surface area contributed by atoms with Crippen LogP contribution in [-0.4, -0.2) is 28.0 Å². The Kier molecular flexibility index (Phi) is 6.76. The van der Waals surface area contributed by atoms with E-state index in [1.54, 1.807) is 41.8 Å². The van der Waals surface area contributed by atoms with E-state index in [-0.39, 0.29) is 10.8 Å². The Morgan fingerprint density at radius 3 is 2.27 bits per heavy atom. The molecule has 1 N–H and O–H groups in total. The van der Waals surface area contributed by atoms with Gasteiger partial charge in [0.25, 0.3) is 10.0 Å². The Labute approximate surface area is 197 Å². The number of ether oxygens (including phenoxy) is 1. The number of amides is 1. The van der Waals surface area contributed by atoms with E-state index in [1.165, 1.54) is 13.2 Å². The molecule has 3 aromatic carbocycles. The number of carbonyl (C=O) groups is 1. The molecule has 0 aliphatic rings. The molecule has 8 heteroatoms. The fourth-order valence-electron chi connectivity index (χ4n) is 3.36. The van der Waals surface area contributed by atoms with Crippen molar-refractivity contribution < 1.29 is 17.9 Å². The van der Waals surface area contributed by atoms with E-state index in [0.29, 0.717) is 17.1 Å². The molecule has 4 aromatic rings. The van der Waals surface area contributed by atoms with Crippen molar-refractivity contribution >= 4 is 38.6 Å². The van der Waals surface area contributed by atoms with E-state index < -0.39 is 15.9 Å². The molecule has 0 saturated carbocycles. The van der Waals surface area contributed by atoms with Gasteiger partial charge >= 0.3 is 0 Å². The van der Waals surface area contributed by atoms with Gasteiger partial charge in [-0.1, -0.05) is 54.6 Å². The molecule has 168 valence electrons. The molecule has 1 aromatic heterocycles. The first-order valence-electron chi connectivity index (χ1n) is 10.1. The van der Waals surface area contributed by atoms with Crippen LogP contribution in [-0.2, 0) is 14.8 Å². The van der Waals surface area contributed by atoms with E-state index >= 15 is 0 Å². The number of nitrogens with one attached hydrogen (secondary N) is 1. The van der Waals surface area contributed by atoms with Crippen LogP contribution in [0.15, 0.2) is 101 Å². The molecule has 1 amide bonds. The summed E-state index contributed by atoms with van der Waals surface area (Å²) in [4.78, 5) is 13.1. The summed E-state index contributed by atoms with van der Waals surface area (Å²) in [5.41, 5.74) is 2.78. The first-order valence-corrected chi connectivity index (χ1v) is 12.5. The van der Waals surface area contributed by atoms with Crippen LogP contribution < -0.4 is 14.4 Å². The molecule has 1 heterocycles. The fraction of sp³-hybridized carbons (Fsp3) is 0.0800. The van der Waals surface area contributed by atoms with Gasteiger partial charge in [-0.15, -0.1) is 11.3 Å². The molecule has 0 bridgehead atoms. The maximum Gasteiger partial charge on any atom is 0.274 e. The van der Waals surface area contributed by atoms with Crippen molar-refractivity contribution in [3.05, 3.63) is 96.4 Å². The summed E-state index contributed by atoms with van der Waals surface area (Å²) < 4.78 is 33.1. The fourth-order valence-corrected chi connectivity index (χ4v) is 5.89. The maximum atomic E-state index is 13.3. The lowest BCUT2D eigenvalue weighted by atomic mass is 10.0. The number of hydrogen-bond acceptors (Lipinski definition) is 5. The van der Waals surface area contributed by atoms with Crippen LogP contribution >= 0.6 is 11.3 Å². The lowest BCUT2D eigenvalue weighted by molar-refractivity contribution is -0.114. The van der Waals surface area contributed by atoms with E-state index in [1.807, 2.05) is 48.5 Å². The molecule has 0 fully saturated rings. The van der Waals surface area contributed by atoms with Gasteiger partial charge in [-0.3, -0.25) is 9.10 Å². The smallest absolute Gasteiger partial charge is 0.274 e. The molecule has 33 heavy (non-hydrogen) atoms. The molecule has 0 unspecified atom stereocenters. The molecular weight excluding hydrogens is 456 g/mol. The van der Waals surface area contributed by atoms with Gasteiger partial charge in [0.1, 0.15) is 16.5 Å². The van der Waals surface area contributed by atoms with Crippen LogP contribution in [0, 0.1) is 0 Å². The standard InChI is InChI=1S/C25H22N2O4S2/c1-31-21-15-13-20(14-16-21)27(33(29,30)25-12-7-17-32-25)18-24(28)26-23-11-6-5-10-22(23)19-8-3-2-4-9-19/h2-17H,18H2,1H3,(H,26,28). The highest BCUT2D eigenvalue weighted by Crippen LogP contribution is 2.30. The second kappa shape index (κ2) is 9.89. The van der Waals surface area contributed by atoms with E-state index in [2.05, 4.69) is 5.32 Å². The quantitative estimate of drug-likeness (QED) is 0.375. The summed E-state index contributed by atoms with van der Waals surface area (Å²) in [7, 11) is -2.40. The van der Waals surface area contributed by atoms with Gasteiger partial charge in [0.15, 0.2) is 0 Å². The molecule has 6 nitrogen and oxygen atoms in total. The molecule has 0 radical (unpaired) electrons. The Balaban J connectivity index is 1.64. The number of rotatable bonds is 8. The van der Waals surface area contributed by atoms with Crippen molar-refractivity contribution in [1.82, 2.24) is 0 Å². The molecule has 0 atom stereocenters. The largest absolute Gasteiger partial charge is 0.497 e. The first-order chi connectivity index (χ1) is 16.0. The van der Waals surface area contributed by atoms with Crippen LogP contribution in [0.3, 0.4) is 0 Å². The van der Waals surface area contributed by atoms with Crippen molar-refractivity contribution in [2.24, 2.45) is 0 Å². The Bertz CT molecular complexity index is 1320. The molecule has 4 rings (SSSR count). The minimum Gasteiger partial charge on any atom is -0.497 e. The second-order valence-electron chi connectivity index (χ2n) is 7.10.